The smallest absolute Gasteiger partial charge is 0.139 e. The minimum Gasteiger partial charge on any atom is -0.385 e. The first-order valence-corrected chi connectivity index (χ1v) is 10.5. The van der Waals surface area contributed by atoms with Gasteiger partial charge in [0.25, 0.3) is 0 Å². The third-order valence-corrected chi connectivity index (χ3v) is 6.33. The molecule has 1 saturated carbocycles. The predicted molar refractivity (Wildman–Crippen MR) is 112 cm³/mol. The number of aromatic nitrogens is 4. The molecule has 4 heterocycles. The number of morpholine rings is 1. The maximum absolute atomic E-state index is 11.9. The highest BCUT2D eigenvalue weighted by molar-refractivity contribution is 5.94. The second kappa shape index (κ2) is 7.39. The van der Waals surface area contributed by atoms with Crippen LogP contribution >= 0.6 is 0 Å². The van der Waals surface area contributed by atoms with Crippen molar-refractivity contribution in [2.75, 3.05) is 24.7 Å². The van der Waals surface area contributed by atoms with Crippen LogP contribution in [0.3, 0.4) is 0 Å². The maximum Gasteiger partial charge on any atom is 0.139 e. The van der Waals surface area contributed by atoms with Gasteiger partial charge >= 0.3 is 0 Å². The summed E-state index contributed by atoms with van der Waals surface area (Å²) in [7, 11) is 0. The molecule has 0 amide bonds. The molecule has 2 N–H and O–H groups in total. The molecule has 5 rings (SSSR count). The Morgan fingerprint density at radius 1 is 1.21 bits per heavy atom. The van der Waals surface area contributed by atoms with Gasteiger partial charge in [0.1, 0.15) is 5.82 Å². The van der Waals surface area contributed by atoms with E-state index < -0.39 is 5.60 Å². The van der Waals surface area contributed by atoms with Gasteiger partial charge in [-0.05, 0) is 31.9 Å². The van der Waals surface area contributed by atoms with Crippen molar-refractivity contribution in [1.82, 2.24) is 20.2 Å². The summed E-state index contributed by atoms with van der Waals surface area (Å²) in [4.78, 5) is 11.6. The Morgan fingerprint density at radius 2 is 2.07 bits per heavy atom. The summed E-state index contributed by atoms with van der Waals surface area (Å²) in [6, 6.07) is 4.14. The second-order valence-electron chi connectivity index (χ2n) is 8.26. The molecule has 0 spiro atoms. The number of H-pyrrole nitrogens is 1. The fraction of sp³-hybridized carbons (Fsp3) is 0.500. The van der Waals surface area contributed by atoms with Crippen LogP contribution in [0, 0.1) is 0 Å². The van der Waals surface area contributed by atoms with Crippen molar-refractivity contribution >= 4 is 16.7 Å². The van der Waals surface area contributed by atoms with E-state index in [1.165, 1.54) is 6.42 Å². The number of aliphatic hydroxyl groups is 1. The second-order valence-corrected chi connectivity index (χ2v) is 8.26. The lowest BCUT2D eigenvalue weighted by Gasteiger charge is -2.39. The van der Waals surface area contributed by atoms with Crippen molar-refractivity contribution in [1.29, 1.82) is 0 Å². The summed E-state index contributed by atoms with van der Waals surface area (Å²) in [6.07, 6.45) is 10.1. The third-order valence-electron chi connectivity index (χ3n) is 6.33. The highest BCUT2D eigenvalue weighted by Crippen LogP contribution is 2.47. The molecule has 1 saturated heterocycles. The Hall–Kier alpha value is -2.51. The summed E-state index contributed by atoms with van der Waals surface area (Å²) in [5.74, 6) is 0.875. The summed E-state index contributed by atoms with van der Waals surface area (Å²) in [5, 5.41) is 20.2. The van der Waals surface area contributed by atoms with Crippen molar-refractivity contribution in [3.05, 3.63) is 36.3 Å². The van der Waals surface area contributed by atoms with Crippen LogP contribution in [-0.2, 0) is 10.3 Å². The van der Waals surface area contributed by atoms with E-state index in [1.54, 1.807) is 18.6 Å². The van der Waals surface area contributed by atoms with Crippen LogP contribution in [0.25, 0.3) is 22.2 Å². The Kier molecular flexibility index (Phi) is 4.72. The van der Waals surface area contributed by atoms with Crippen molar-refractivity contribution < 1.29 is 9.84 Å². The van der Waals surface area contributed by atoms with Gasteiger partial charge in [-0.15, -0.1) is 0 Å². The highest BCUT2D eigenvalue weighted by atomic mass is 16.5. The summed E-state index contributed by atoms with van der Waals surface area (Å²) in [6.45, 7) is 4.24. The standard InChI is InChI=1S/C22H27N5O2/c1-15-14-29-12-11-27(15)21-19(17-6-10-24-26-17)20(22(28)7-3-2-4-8-22)16-5-9-23-13-18(16)25-21/h5-6,9-10,13,15,28H,2-4,7-8,11-12,14H2,1H3,(H,24,26)/t15-/m1/s1. The number of nitrogens with zero attached hydrogens (tertiary/aromatic N) is 4. The summed E-state index contributed by atoms with van der Waals surface area (Å²) in [5.41, 5.74) is 2.74. The number of nitrogens with one attached hydrogen (secondary N) is 1. The van der Waals surface area contributed by atoms with Gasteiger partial charge in [-0.2, -0.15) is 5.10 Å². The molecule has 2 fully saturated rings. The Bertz CT molecular complexity index is 998. The molecular weight excluding hydrogens is 366 g/mol. The normalized spacial score (nSPS) is 22.1. The van der Waals surface area contributed by atoms with E-state index in [2.05, 4.69) is 27.0 Å². The Labute approximate surface area is 170 Å². The van der Waals surface area contributed by atoms with E-state index in [-0.39, 0.29) is 6.04 Å². The van der Waals surface area contributed by atoms with Gasteiger partial charge < -0.3 is 14.7 Å². The zero-order valence-corrected chi connectivity index (χ0v) is 16.8. The van der Waals surface area contributed by atoms with Crippen molar-refractivity contribution in [2.24, 2.45) is 0 Å². The first-order valence-electron chi connectivity index (χ1n) is 10.5. The Balaban J connectivity index is 1.84. The summed E-state index contributed by atoms with van der Waals surface area (Å²) >= 11 is 0. The van der Waals surface area contributed by atoms with Crippen LogP contribution in [0.2, 0.25) is 0 Å². The maximum atomic E-state index is 11.9. The number of anilines is 1. The number of ether oxygens (including phenoxy) is 1. The van der Waals surface area contributed by atoms with Gasteiger partial charge in [-0.3, -0.25) is 10.1 Å². The number of rotatable bonds is 3. The first-order chi connectivity index (χ1) is 14.2. The molecule has 7 heteroatoms. The lowest BCUT2D eigenvalue weighted by Crippen LogP contribution is -2.44. The van der Waals surface area contributed by atoms with Crippen LogP contribution in [-0.4, -0.2) is 51.1 Å². The van der Waals surface area contributed by atoms with Crippen LogP contribution in [0.4, 0.5) is 5.82 Å². The van der Waals surface area contributed by atoms with Gasteiger partial charge in [0.15, 0.2) is 0 Å². The van der Waals surface area contributed by atoms with E-state index in [1.807, 2.05) is 12.1 Å². The van der Waals surface area contributed by atoms with Crippen LogP contribution in [0.15, 0.2) is 30.7 Å². The fourth-order valence-electron chi connectivity index (χ4n) is 4.87. The highest BCUT2D eigenvalue weighted by Gasteiger charge is 2.38. The first kappa shape index (κ1) is 18.5. The van der Waals surface area contributed by atoms with Gasteiger partial charge in [0.05, 0.1) is 42.3 Å². The largest absolute Gasteiger partial charge is 0.385 e. The molecule has 2 aliphatic rings. The minimum atomic E-state index is -0.883. The molecule has 1 atom stereocenters. The number of hydrogen-bond acceptors (Lipinski definition) is 6. The molecule has 0 unspecified atom stereocenters. The number of pyridine rings is 2. The molecule has 7 nitrogen and oxygen atoms in total. The van der Waals surface area contributed by atoms with E-state index >= 15 is 0 Å². The van der Waals surface area contributed by atoms with E-state index in [0.717, 1.165) is 65.8 Å². The van der Waals surface area contributed by atoms with Crippen molar-refractivity contribution in [2.45, 2.75) is 50.7 Å². The van der Waals surface area contributed by atoms with Crippen LogP contribution < -0.4 is 4.90 Å². The Morgan fingerprint density at radius 3 is 2.83 bits per heavy atom. The average Bonchev–Trinajstić information content (AvgIpc) is 3.28. The average molecular weight is 393 g/mol. The summed E-state index contributed by atoms with van der Waals surface area (Å²) < 4.78 is 5.67. The van der Waals surface area contributed by atoms with E-state index in [9.17, 15) is 5.11 Å². The zero-order valence-electron chi connectivity index (χ0n) is 16.8. The van der Waals surface area contributed by atoms with E-state index in [0.29, 0.717) is 13.2 Å². The zero-order chi connectivity index (χ0) is 19.8. The molecule has 0 radical (unpaired) electrons. The number of aromatic amines is 1. The number of hydrogen-bond donors (Lipinski definition) is 2. The van der Waals surface area contributed by atoms with Crippen LogP contribution in [0.5, 0.6) is 0 Å². The quantitative estimate of drug-likeness (QED) is 0.709. The van der Waals surface area contributed by atoms with Gasteiger partial charge in [0.2, 0.25) is 0 Å². The van der Waals surface area contributed by atoms with Crippen LogP contribution in [0.1, 0.15) is 44.6 Å². The van der Waals surface area contributed by atoms with Gasteiger partial charge in [-0.25, -0.2) is 4.98 Å². The minimum absolute atomic E-state index is 0.195. The SMILES string of the molecule is C[C@@H]1COCCN1c1nc2cnccc2c(C2(O)CCCCC2)c1-c1ccn[nH]1. The molecule has 152 valence electrons. The monoisotopic (exact) mass is 393 g/mol. The van der Waals surface area contributed by atoms with Gasteiger partial charge in [0, 0.05) is 35.5 Å². The topological polar surface area (TPSA) is 87.2 Å². The fourth-order valence-corrected chi connectivity index (χ4v) is 4.87. The molecule has 3 aromatic rings. The molecule has 29 heavy (non-hydrogen) atoms. The third kappa shape index (κ3) is 3.18. The van der Waals surface area contributed by atoms with Gasteiger partial charge in [-0.1, -0.05) is 19.3 Å². The molecule has 0 aromatic carbocycles. The molecular formula is C22H27N5O2. The molecule has 1 aliphatic heterocycles. The van der Waals surface area contributed by atoms with Crippen molar-refractivity contribution in [3.8, 4) is 11.3 Å². The number of fused-ring (bicyclic) bond motifs is 1. The molecule has 1 aliphatic carbocycles. The molecule has 0 bridgehead atoms. The lowest BCUT2D eigenvalue weighted by atomic mass is 9.76. The predicted octanol–water partition coefficient (Wildman–Crippen LogP) is 3.40. The van der Waals surface area contributed by atoms with Crippen molar-refractivity contribution in [3.63, 3.8) is 0 Å². The van der Waals surface area contributed by atoms with E-state index in [4.69, 9.17) is 9.72 Å². The lowest BCUT2D eigenvalue weighted by molar-refractivity contribution is 0.00121. The molecule has 3 aromatic heterocycles.